The second-order valence-corrected chi connectivity index (χ2v) is 7.08. The zero-order chi connectivity index (χ0) is 20.4. The number of benzene rings is 3. The number of aryl methyl sites for hydroxylation is 1. The molecule has 0 radical (unpaired) electrons. The molecule has 0 saturated heterocycles. The molecule has 0 unspecified atom stereocenters. The lowest BCUT2D eigenvalue weighted by Gasteiger charge is -2.13. The van der Waals surface area contributed by atoms with Crippen LogP contribution in [0.25, 0.3) is 21.7 Å². The lowest BCUT2D eigenvalue weighted by molar-refractivity contribution is 0.284. The molecule has 0 bridgehead atoms. The van der Waals surface area contributed by atoms with Crippen LogP contribution in [0.3, 0.4) is 0 Å². The number of methoxy groups -OCH3 is 1. The Kier molecular flexibility index (Phi) is 5.30. The Labute approximate surface area is 170 Å². The molecule has 0 amide bonds. The van der Waals surface area contributed by atoms with Crippen molar-refractivity contribution in [3.8, 4) is 11.5 Å². The summed E-state index contributed by atoms with van der Waals surface area (Å²) in [7, 11) is 2.59. The molecule has 1 aromatic heterocycles. The number of rotatable bonds is 6. The predicted octanol–water partition coefficient (Wildman–Crippen LogP) is 4.21. The van der Waals surface area contributed by atoms with E-state index in [9.17, 15) is 4.79 Å². The minimum atomic E-state index is -0.338. The van der Waals surface area contributed by atoms with Crippen molar-refractivity contribution in [3.05, 3.63) is 76.1 Å². The van der Waals surface area contributed by atoms with Gasteiger partial charge in [-0.15, -0.1) is 0 Å². The van der Waals surface area contributed by atoms with Gasteiger partial charge >= 0.3 is 5.63 Å². The Balaban J connectivity index is 1.77. The second kappa shape index (κ2) is 8.04. The third-order valence-corrected chi connectivity index (χ3v) is 5.26. The first-order valence-corrected chi connectivity index (χ1v) is 9.91. The van der Waals surface area contributed by atoms with Gasteiger partial charge in [-0.3, -0.25) is 0 Å². The van der Waals surface area contributed by atoms with E-state index in [4.69, 9.17) is 13.9 Å². The van der Waals surface area contributed by atoms with Gasteiger partial charge in [0.1, 0.15) is 12.2 Å². The third-order valence-electron chi connectivity index (χ3n) is 5.26. The molecule has 5 heteroatoms. The number of hydrogen-bond donors (Lipinski definition) is 0. The summed E-state index contributed by atoms with van der Waals surface area (Å²) >= 11 is 0. The van der Waals surface area contributed by atoms with Crippen LogP contribution in [-0.4, -0.2) is 14.4 Å². The van der Waals surface area contributed by atoms with Crippen molar-refractivity contribution in [2.45, 2.75) is 26.8 Å². The highest BCUT2D eigenvalue weighted by Crippen LogP contribution is 2.35. The number of fused-ring (bicyclic) bond motifs is 3. The van der Waals surface area contributed by atoms with E-state index < -0.39 is 0 Å². The monoisotopic (exact) mass is 386 g/mol. The maximum atomic E-state index is 12.5. The molecule has 0 atom stereocenters. The maximum absolute atomic E-state index is 12.5. The van der Waals surface area contributed by atoms with Gasteiger partial charge in [0.15, 0.2) is 18.8 Å². The number of ether oxygens (including phenoxy) is 2. The van der Waals surface area contributed by atoms with Crippen LogP contribution in [-0.2, 0) is 13.0 Å². The standard InChI is InChI=1S/C24H23BO4/c1-4-15-8-9-18-19-12-22(27-3)23(13-21(19)29-24(26)20(18)11-15)28-14-16-6-5-7-17(10-16)25-2/h5-13,25H,4,14H2,1-3H3. The predicted molar refractivity (Wildman–Crippen MR) is 119 cm³/mol. The molecule has 1 heterocycles. The van der Waals surface area contributed by atoms with Crippen LogP contribution in [0.5, 0.6) is 11.5 Å². The van der Waals surface area contributed by atoms with Crippen LogP contribution in [0.15, 0.2) is 63.8 Å². The summed E-state index contributed by atoms with van der Waals surface area (Å²) in [5.41, 5.74) is 3.60. The first-order chi connectivity index (χ1) is 14.1. The van der Waals surface area contributed by atoms with Gasteiger partial charge in [-0.2, -0.15) is 0 Å². The van der Waals surface area contributed by atoms with E-state index in [1.54, 1.807) is 13.2 Å². The molecule has 0 aliphatic heterocycles. The van der Waals surface area contributed by atoms with Crippen molar-refractivity contribution >= 4 is 34.5 Å². The smallest absolute Gasteiger partial charge is 0.344 e. The van der Waals surface area contributed by atoms with Crippen LogP contribution >= 0.6 is 0 Å². The fourth-order valence-electron chi connectivity index (χ4n) is 3.58. The van der Waals surface area contributed by atoms with Gasteiger partial charge in [0.25, 0.3) is 0 Å². The molecule has 0 fully saturated rings. The average molecular weight is 386 g/mol. The van der Waals surface area contributed by atoms with Crippen molar-refractivity contribution in [1.82, 2.24) is 0 Å². The first kappa shape index (κ1) is 19.1. The van der Waals surface area contributed by atoms with E-state index in [0.717, 1.165) is 35.6 Å². The molecule has 0 aliphatic carbocycles. The quantitative estimate of drug-likeness (QED) is 0.283. The van der Waals surface area contributed by atoms with Gasteiger partial charge in [0.05, 0.1) is 12.5 Å². The van der Waals surface area contributed by atoms with E-state index in [1.165, 1.54) is 5.46 Å². The van der Waals surface area contributed by atoms with Gasteiger partial charge < -0.3 is 13.9 Å². The van der Waals surface area contributed by atoms with E-state index >= 15 is 0 Å². The van der Waals surface area contributed by atoms with Crippen molar-refractivity contribution in [1.29, 1.82) is 0 Å². The molecular weight excluding hydrogens is 363 g/mol. The largest absolute Gasteiger partial charge is 0.493 e. The summed E-state index contributed by atoms with van der Waals surface area (Å²) in [6, 6.07) is 17.8. The molecule has 0 spiro atoms. The normalized spacial score (nSPS) is 11.0. The molecule has 0 saturated carbocycles. The lowest BCUT2D eigenvalue weighted by Crippen LogP contribution is -2.11. The molecular formula is C24H23BO4. The topological polar surface area (TPSA) is 48.7 Å². The molecule has 29 heavy (non-hydrogen) atoms. The summed E-state index contributed by atoms with van der Waals surface area (Å²) < 4.78 is 17.2. The molecule has 3 aromatic carbocycles. The maximum Gasteiger partial charge on any atom is 0.344 e. The van der Waals surface area contributed by atoms with Crippen LogP contribution < -0.4 is 20.6 Å². The minimum Gasteiger partial charge on any atom is -0.493 e. The Bertz CT molecular complexity index is 1240. The highest BCUT2D eigenvalue weighted by Gasteiger charge is 2.14. The average Bonchev–Trinajstić information content (AvgIpc) is 2.77. The van der Waals surface area contributed by atoms with Crippen molar-refractivity contribution in [2.24, 2.45) is 0 Å². The summed E-state index contributed by atoms with van der Waals surface area (Å²) in [5, 5.41) is 2.28. The molecule has 4 aromatic rings. The Hall–Kier alpha value is -3.21. The van der Waals surface area contributed by atoms with E-state index in [1.807, 2.05) is 36.4 Å². The summed E-state index contributed by atoms with van der Waals surface area (Å²) in [5.74, 6) is 1.16. The van der Waals surface area contributed by atoms with E-state index in [2.05, 4.69) is 25.9 Å². The fraction of sp³-hybridized carbons (Fsp3) is 0.208. The van der Waals surface area contributed by atoms with Crippen molar-refractivity contribution < 1.29 is 13.9 Å². The van der Waals surface area contributed by atoms with E-state index in [0.29, 0.717) is 29.1 Å². The van der Waals surface area contributed by atoms with Gasteiger partial charge in [-0.25, -0.2) is 4.79 Å². The van der Waals surface area contributed by atoms with Crippen LogP contribution in [0.4, 0.5) is 0 Å². The Morgan fingerprint density at radius 3 is 2.55 bits per heavy atom. The Morgan fingerprint density at radius 1 is 0.931 bits per heavy atom. The van der Waals surface area contributed by atoms with Gasteiger partial charge in [-0.1, -0.05) is 55.6 Å². The van der Waals surface area contributed by atoms with Gasteiger partial charge in [0, 0.05) is 16.8 Å². The van der Waals surface area contributed by atoms with Crippen LogP contribution in [0, 0.1) is 0 Å². The first-order valence-electron chi connectivity index (χ1n) is 9.91. The highest BCUT2D eigenvalue weighted by atomic mass is 16.5. The molecule has 4 nitrogen and oxygen atoms in total. The third kappa shape index (κ3) is 3.73. The SMILES string of the molecule is CBc1cccc(COc2cc3oc(=O)c4cc(CC)ccc4c3cc2OC)c1. The van der Waals surface area contributed by atoms with E-state index in [-0.39, 0.29) is 5.63 Å². The number of hydrogen-bond acceptors (Lipinski definition) is 4. The van der Waals surface area contributed by atoms with Gasteiger partial charge in [-0.05, 0) is 29.7 Å². The summed E-state index contributed by atoms with van der Waals surface area (Å²) in [6.45, 7) is 4.60. The van der Waals surface area contributed by atoms with Gasteiger partial charge in [0.2, 0.25) is 0 Å². The zero-order valence-corrected chi connectivity index (χ0v) is 17.0. The lowest BCUT2D eigenvalue weighted by atomic mass is 9.73. The molecule has 4 rings (SSSR count). The van der Waals surface area contributed by atoms with Crippen molar-refractivity contribution in [2.75, 3.05) is 7.11 Å². The van der Waals surface area contributed by atoms with Crippen molar-refractivity contribution in [3.63, 3.8) is 0 Å². The highest BCUT2D eigenvalue weighted by molar-refractivity contribution is 6.51. The second-order valence-electron chi connectivity index (χ2n) is 7.08. The fourth-order valence-corrected chi connectivity index (χ4v) is 3.58. The summed E-state index contributed by atoms with van der Waals surface area (Å²) in [4.78, 5) is 12.5. The Morgan fingerprint density at radius 2 is 1.79 bits per heavy atom. The molecule has 146 valence electrons. The molecule has 0 N–H and O–H groups in total. The zero-order valence-electron chi connectivity index (χ0n) is 17.0. The minimum absolute atomic E-state index is 0.338. The summed E-state index contributed by atoms with van der Waals surface area (Å²) in [6.07, 6.45) is 0.864. The molecule has 0 aliphatic rings. The van der Waals surface area contributed by atoms with Crippen LogP contribution in [0.2, 0.25) is 6.82 Å². The van der Waals surface area contributed by atoms with Crippen LogP contribution in [0.1, 0.15) is 18.1 Å².